The van der Waals surface area contributed by atoms with E-state index in [4.69, 9.17) is 21.6 Å². The molecule has 2 aromatic carbocycles. The smallest absolute Gasteiger partial charge is 0.331 e. The Labute approximate surface area is 247 Å². The largest absolute Gasteiger partial charge is 0.365 e. The van der Waals surface area contributed by atoms with Gasteiger partial charge in [0, 0.05) is 24.8 Å². The number of amides is 3. The summed E-state index contributed by atoms with van der Waals surface area (Å²) in [6.45, 7) is 1.01. The van der Waals surface area contributed by atoms with Crippen LogP contribution >= 0.6 is 11.6 Å². The van der Waals surface area contributed by atoms with E-state index in [0.29, 0.717) is 10.3 Å². The number of benzene rings is 2. The second kappa shape index (κ2) is 12.1. The third kappa shape index (κ3) is 6.23. The minimum absolute atomic E-state index is 0.0104. The van der Waals surface area contributed by atoms with E-state index in [1.165, 1.54) is 23.1 Å². The number of hydrogen-bond donors (Lipinski definition) is 2. The summed E-state index contributed by atoms with van der Waals surface area (Å²) in [6, 6.07) is 5.60. The molecule has 2 atom stereocenters. The minimum Gasteiger partial charge on any atom is -0.365 e. The van der Waals surface area contributed by atoms with Crippen LogP contribution in [0.2, 0.25) is 5.02 Å². The number of fused-ring (bicyclic) bond motifs is 1. The molecule has 5 rings (SSSR count). The molecular weight excluding hydrogens is 593 g/mol. The van der Waals surface area contributed by atoms with Crippen LogP contribution in [0.3, 0.4) is 0 Å². The maximum atomic E-state index is 15.2. The van der Waals surface area contributed by atoms with Crippen LogP contribution in [-0.2, 0) is 16.1 Å². The van der Waals surface area contributed by atoms with Gasteiger partial charge in [0.05, 0.1) is 46.4 Å². The van der Waals surface area contributed by atoms with Gasteiger partial charge in [0.1, 0.15) is 11.9 Å². The molecule has 1 aromatic heterocycles. The molecule has 1 saturated heterocycles. The molecule has 226 valence electrons. The lowest BCUT2D eigenvalue weighted by Gasteiger charge is -2.32. The van der Waals surface area contributed by atoms with Gasteiger partial charge < -0.3 is 20.3 Å². The van der Waals surface area contributed by atoms with Crippen LogP contribution in [-0.4, -0.2) is 58.2 Å². The molecule has 11 nitrogen and oxygen atoms in total. The average molecular weight is 619 g/mol. The van der Waals surface area contributed by atoms with Crippen molar-refractivity contribution in [3.8, 4) is 6.07 Å². The topological polar surface area (TPSA) is 138 Å². The fourth-order valence-corrected chi connectivity index (χ4v) is 5.04. The number of nitrogens with zero attached hydrogens (tertiary/aromatic N) is 4. The zero-order chi connectivity index (χ0) is 31.0. The van der Waals surface area contributed by atoms with Crippen molar-refractivity contribution >= 4 is 45.8 Å². The second-order valence-corrected chi connectivity index (χ2v) is 10.9. The third-order valence-electron chi connectivity index (χ3n) is 7.41. The highest BCUT2D eigenvalue weighted by atomic mass is 35.5. The normalized spacial score (nSPS) is 17.5. The van der Waals surface area contributed by atoms with Gasteiger partial charge in [-0.3, -0.25) is 18.7 Å². The monoisotopic (exact) mass is 618 g/mol. The predicted octanol–water partition coefficient (Wildman–Crippen LogP) is 3.93. The van der Waals surface area contributed by atoms with Crippen LogP contribution in [0.4, 0.5) is 29.3 Å². The van der Waals surface area contributed by atoms with Crippen molar-refractivity contribution in [3.63, 3.8) is 0 Å². The summed E-state index contributed by atoms with van der Waals surface area (Å²) in [5.74, 6) is -1.56. The Bertz CT molecular complexity index is 1770. The summed E-state index contributed by atoms with van der Waals surface area (Å²) in [6.07, 6.45) is -2.47. The lowest BCUT2D eigenvalue weighted by atomic mass is 10.1. The van der Waals surface area contributed by atoms with Crippen LogP contribution in [0.15, 0.2) is 39.9 Å². The Balaban J connectivity index is 1.38. The van der Waals surface area contributed by atoms with Crippen molar-refractivity contribution in [1.29, 1.82) is 5.26 Å². The van der Waals surface area contributed by atoms with Gasteiger partial charge in [0.25, 0.3) is 17.9 Å². The molecule has 2 aliphatic rings. The number of aromatic nitrogens is 2. The Morgan fingerprint density at radius 3 is 2.58 bits per heavy atom. The Morgan fingerprint density at radius 2 is 1.93 bits per heavy atom. The van der Waals surface area contributed by atoms with Gasteiger partial charge in [-0.25, -0.2) is 22.8 Å². The Morgan fingerprint density at radius 1 is 1.19 bits per heavy atom. The number of hydrogen-bond acceptors (Lipinski definition) is 6. The highest BCUT2D eigenvalue weighted by Crippen LogP contribution is 2.30. The van der Waals surface area contributed by atoms with Crippen molar-refractivity contribution in [2.24, 2.45) is 5.92 Å². The zero-order valence-electron chi connectivity index (χ0n) is 22.8. The lowest BCUT2D eigenvalue weighted by Crippen LogP contribution is -2.51. The van der Waals surface area contributed by atoms with E-state index in [0.717, 1.165) is 36.5 Å². The number of morpholine rings is 1. The number of rotatable bonds is 7. The number of halogens is 4. The number of alkyl halides is 2. The molecule has 2 heterocycles. The molecule has 1 unspecified atom stereocenters. The summed E-state index contributed by atoms with van der Waals surface area (Å²) in [5, 5.41) is 13.9. The van der Waals surface area contributed by atoms with Crippen molar-refractivity contribution < 1.29 is 27.5 Å². The molecule has 1 aliphatic heterocycles. The molecule has 1 aliphatic carbocycles. The summed E-state index contributed by atoms with van der Waals surface area (Å²) >= 11 is 6.01. The van der Waals surface area contributed by atoms with Gasteiger partial charge in [-0.05, 0) is 49.9 Å². The number of anilines is 2. The lowest BCUT2D eigenvalue weighted by molar-refractivity contribution is -0.131. The molecule has 0 radical (unpaired) electrons. The van der Waals surface area contributed by atoms with Crippen LogP contribution < -0.4 is 21.9 Å². The summed E-state index contributed by atoms with van der Waals surface area (Å²) in [4.78, 5) is 53.4. The molecule has 15 heteroatoms. The molecule has 0 spiro atoms. The first kappa shape index (κ1) is 30.1. The minimum atomic E-state index is -2.96. The highest BCUT2D eigenvalue weighted by molar-refractivity contribution is 6.32. The molecule has 3 aromatic rings. The van der Waals surface area contributed by atoms with E-state index in [2.05, 4.69) is 10.6 Å². The van der Waals surface area contributed by atoms with Gasteiger partial charge in [0.15, 0.2) is 6.10 Å². The molecule has 43 heavy (non-hydrogen) atoms. The van der Waals surface area contributed by atoms with E-state index >= 15 is 4.39 Å². The molecule has 0 bridgehead atoms. The van der Waals surface area contributed by atoms with Crippen LogP contribution in [0.1, 0.15) is 31.4 Å². The van der Waals surface area contributed by atoms with E-state index in [-0.39, 0.29) is 53.6 Å². The van der Waals surface area contributed by atoms with Crippen molar-refractivity contribution in [2.45, 2.75) is 44.9 Å². The van der Waals surface area contributed by atoms with Crippen molar-refractivity contribution in [2.75, 3.05) is 30.3 Å². The van der Waals surface area contributed by atoms with Gasteiger partial charge >= 0.3 is 11.7 Å². The molecule has 1 saturated carbocycles. The number of nitrogens with one attached hydrogen (secondary N) is 2. The Kier molecular flexibility index (Phi) is 8.48. The second-order valence-electron chi connectivity index (χ2n) is 10.5. The van der Waals surface area contributed by atoms with Crippen molar-refractivity contribution in [1.82, 2.24) is 14.0 Å². The quantitative estimate of drug-likeness (QED) is 0.411. The molecule has 2 N–H and O–H groups in total. The number of nitriles is 1. The summed E-state index contributed by atoms with van der Waals surface area (Å²) in [7, 11) is 0. The number of urea groups is 1. The van der Waals surface area contributed by atoms with E-state index < -0.39 is 53.3 Å². The maximum absolute atomic E-state index is 15.2. The predicted molar refractivity (Wildman–Crippen MR) is 151 cm³/mol. The number of carbonyl (C=O) groups excluding carboxylic acids is 2. The van der Waals surface area contributed by atoms with Crippen LogP contribution in [0.25, 0.3) is 10.9 Å². The first-order valence-electron chi connectivity index (χ1n) is 13.4. The van der Waals surface area contributed by atoms with E-state index in [1.54, 1.807) is 0 Å². The first-order chi connectivity index (χ1) is 20.5. The van der Waals surface area contributed by atoms with Crippen LogP contribution in [0, 0.1) is 23.1 Å². The molecular formula is C28H26ClF3N6O5. The van der Waals surface area contributed by atoms with Crippen molar-refractivity contribution in [3.05, 3.63) is 67.6 Å². The number of ether oxygens (including phenoxy) is 1. The molecule has 3 amide bonds. The maximum Gasteiger partial charge on any atom is 0.331 e. The van der Waals surface area contributed by atoms with Gasteiger partial charge in [-0.1, -0.05) is 11.6 Å². The SMILES string of the molecule is CC(C(F)F)n1c(=O)n(CC2CC2)c(=O)c2cc(NC(=O)N3CCO[C@@H](C(=O)Nc4ccc(C#N)c(Cl)c4)C3)c(F)cc21. The van der Waals surface area contributed by atoms with Crippen LogP contribution in [0.5, 0.6) is 0 Å². The fraction of sp³-hybridized carbons (Fsp3) is 0.393. The Hall–Kier alpha value is -4.35. The van der Waals surface area contributed by atoms with Gasteiger partial charge in [-0.2, -0.15) is 5.26 Å². The summed E-state index contributed by atoms with van der Waals surface area (Å²) in [5.41, 5.74) is -1.89. The fourth-order valence-electron chi connectivity index (χ4n) is 4.81. The van der Waals surface area contributed by atoms with E-state index in [9.17, 15) is 28.0 Å². The third-order valence-corrected chi connectivity index (χ3v) is 7.72. The first-order valence-corrected chi connectivity index (χ1v) is 13.8. The zero-order valence-corrected chi connectivity index (χ0v) is 23.5. The standard InChI is InChI=1S/C28H26ClF3N6O5/c1-14(24(31)32)38-22-10-20(30)21(9-18(22)26(40)37(28(38)42)12-15-2-3-15)35-27(41)36-6-7-43-23(13-36)25(39)34-17-5-4-16(11-33)19(29)8-17/h4-5,8-10,14-15,23-24H,2-3,6-7,12-13H2,1H3,(H,34,39)(H,35,41)/t14?,23-/m1/s1. The molecule has 2 fully saturated rings. The highest BCUT2D eigenvalue weighted by Gasteiger charge is 2.31. The van der Waals surface area contributed by atoms with Gasteiger partial charge in [0.2, 0.25) is 0 Å². The summed E-state index contributed by atoms with van der Waals surface area (Å²) < 4.78 is 49.7. The average Bonchev–Trinajstić information content (AvgIpc) is 3.80. The van der Waals surface area contributed by atoms with E-state index in [1.807, 2.05) is 6.07 Å². The number of carbonyl (C=O) groups is 2. The van der Waals surface area contributed by atoms with Gasteiger partial charge in [-0.15, -0.1) is 0 Å².